The molecule has 1 aromatic heterocycles. The third kappa shape index (κ3) is 3.82. The van der Waals surface area contributed by atoms with Gasteiger partial charge in [0.05, 0.1) is 33.9 Å². The molecule has 0 bridgehead atoms. The van der Waals surface area contributed by atoms with Crippen LogP contribution in [-0.4, -0.2) is 79.1 Å². The van der Waals surface area contributed by atoms with E-state index in [-0.39, 0.29) is 17.3 Å². The predicted octanol–water partition coefficient (Wildman–Crippen LogP) is 2.13. The van der Waals surface area contributed by atoms with Gasteiger partial charge in [-0.2, -0.15) is 0 Å². The van der Waals surface area contributed by atoms with Gasteiger partial charge in [0.2, 0.25) is 5.78 Å². The highest BCUT2D eigenvalue weighted by Crippen LogP contribution is 2.36. The molecule has 2 aliphatic carbocycles. The van der Waals surface area contributed by atoms with Gasteiger partial charge in [-0.15, -0.1) is 0 Å². The molecule has 0 saturated carbocycles. The average Bonchev–Trinajstić information content (AvgIpc) is 3.27. The number of ketones is 3. The van der Waals surface area contributed by atoms with Crippen molar-refractivity contribution in [2.45, 2.75) is 12.8 Å². The molecular weight excluding hydrogens is 392 g/mol. The second kappa shape index (κ2) is 8.17. The van der Waals surface area contributed by atoms with E-state index in [0.29, 0.717) is 53.3 Å². The average molecular weight is 418 g/mol. The molecule has 3 aliphatic rings. The lowest BCUT2D eigenvalue weighted by Gasteiger charge is -2.15. The molecule has 4 rings (SSSR count). The van der Waals surface area contributed by atoms with Crippen LogP contribution in [0.2, 0.25) is 0 Å². The normalized spacial score (nSPS) is 17.7. The monoisotopic (exact) mass is 418 g/mol. The van der Waals surface area contributed by atoms with Gasteiger partial charge in [0.25, 0.3) is 0 Å². The number of nitrogens with zero attached hydrogens (tertiary/aromatic N) is 3. The summed E-state index contributed by atoms with van der Waals surface area (Å²) in [6, 6.07) is 0. The van der Waals surface area contributed by atoms with Gasteiger partial charge in [-0.25, -0.2) is 4.99 Å². The van der Waals surface area contributed by atoms with Gasteiger partial charge in [-0.05, 0) is 76.5 Å². The molecule has 0 aromatic carbocycles. The summed E-state index contributed by atoms with van der Waals surface area (Å²) in [5.74, 6) is -0.464. The number of aliphatic imine (C=N–C) groups is 1. The Morgan fingerprint density at radius 3 is 2.23 bits per heavy atom. The Morgan fingerprint density at radius 2 is 1.52 bits per heavy atom. The van der Waals surface area contributed by atoms with Gasteiger partial charge < -0.3 is 14.8 Å². The molecule has 0 spiro atoms. The quantitative estimate of drug-likeness (QED) is 0.733. The van der Waals surface area contributed by atoms with Crippen LogP contribution >= 0.6 is 0 Å². The summed E-state index contributed by atoms with van der Waals surface area (Å²) in [6.07, 6.45) is 8.95. The van der Waals surface area contributed by atoms with E-state index < -0.39 is 0 Å². The summed E-state index contributed by atoms with van der Waals surface area (Å²) in [4.78, 5) is 50.0. The van der Waals surface area contributed by atoms with Gasteiger partial charge in [-0.1, -0.05) is 6.08 Å². The van der Waals surface area contributed by atoms with Crippen LogP contribution in [0.1, 0.15) is 38.5 Å². The number of aromatic amines is 1. The Bertz CT molecular complexity index is 1140. The number of nitrogens with one attached hydrogen (secondary N) is 1. The number of aromatic nitrogens is 1. The van der Waals surface area contributed by atoms with Crippen molar-refractivity contribution < 1.29 is 14.4 Å². The number of hydrogen-bond acceptors (Lipinski definition) is 6. The summed E-state index contributed by atoms with van der Waals surface area (Å²) >= 11 is 0. The lowest BCUT2D eigenvalue weighted by molar-refractivity contribution is -0.111. The lowest BCUT2D eigenvalue weighted by atomic mass is 9.91. The van der Waals surface area contributed by atoms with Crippen LogP contribution in [0.25, 0.3) is 0 Å². The second-order valence-electron chi connectivity index (χ2n) is 8.49. The Morgan fingerprint density at radius 1 is 0.839 bits per heavy atom. The highest BCUT2D eigenvalue weighted by Gasteiger charge is 2.35. The third-order valence-corrected chi connectivity index (χ3v) is 5.66. The van der Waals surface area contributed by atoms with Crippen LogP contribution in [0.5, 0.6) is 0 Å². The highest BCUT2D eigenvalue weighted by molar-refractivity contribution is 6.27. The smallest absolute Gasteiger partial charge is 0.202 e. The van der Waals surface area contributed by atoms with Crippen LogP contribution in [-0.2, 0) is 11.2 Å². The second-order valence-corrected chi connectivity index (χ2v) is 8.49. The molecule has 7 heteroatoms. The number of fused-ring (bicyclic) bond motifs is 2. The first-order valence-corrected chi connectivity index (χ1v) is 10.3. The summed E-state index contributed by atoms with van der Waals surface area (Å²) in [7, 11) is 7.89. The Labute approximate surface area is 181 Å². The summed E-state index contributed by atoms with van der Waals surface area (Å²) in [5.41, 5.74) is 4.95. The van der Waals surface area contributed by atoms with E-state index in [1.54, 1.807) is 12.2 Å². The van der Waals surface area contributed by atoms with Gasteiger partial charge in [0.1, 0.15) is 0 Å². The Kier molecular flexibility index (Phi) is 5.56. The molecule has 0 amide bonds. The lowest BCUT2D eigenvalue weighted by Crippen LogP contribution is -2.20. The summed E-state index contributed by atoms with van der Waals surface area (Å²) in [5, 5.41) is 0. The maximum Gasteiger partial charge on any atom is 0.202 e. The van der Waals surface area contributed by atoms with Crippen molar-refractivity contribution in [3.05, 3.63) is 69.7 Å². The fourth-order valence-corrected chi connectivity index (χ4v) is 4.11. The van der Waals surface area contributed by atoms with E-state index >= 15 is 0 Å². The van der Waals surface area contributed by atoms with Crippen LogP contribution < -0.4 is 0 Å². The maximum atomic E-state index is 12.7. The van der Waals surface area contributed by atoms with Crippen molar-refractivity contribution in [2.75, 3.05) is 41.3 Å². The molecule has 0 saturated heterocycles. The molecule has 1 N–H and O–H groups in total. The van der Waals surface area contributed by atoms with Crippen LogP contribution in [0, 0.1) is 0 Å². The molecule has 0 unspecified atom stereocenters. The number of rotatable bonds is 7. The van der Waals surface area contributed by atoms with Crippen molar-refractivity contribution in [3.63, 3.8) is 0 Å². The molecule has 1 aromatic rings. The van der Waals surface area contributed by atoms with Crippen LogP contribution in [0.3, 0.4) is 0 Å². The first-order chi connectivity index (χ1) is 14.8. The van der Waals surface area contributed by atoms with E-state index in [4.69, 9.17) is 4.99 Å². The minimum atomic E-state index is -0.220. The Hall–Kier alpha value is -3.16. The highest BCUT2D eigenvalue weighted by atomic mass is 16.1. The standard InChI is InChI=1S/C24H26N4O3/c1-27(2)12-10-14-20-16(6-5-7-17(20)29)25-22(14)23-15(11-13-28(3)4)21-18(30)8-9-19(31)24(21)26-23/h5-9,26H,10-13H2,1-4H3. The fourth-order valence-electron chi connectivity index (χ4n) is 4.11. The third-order valence-electron chi connectivity index (χ3n) is 5.66. The van der Waals surface area contributed by atoms with Crippen molar-refractivity contribution in [1.82, 2.24) is 14.8 Å². The number of H-pyrrole nitrogens is 1. The summed E-state index contributed by atoms with van der Waals surface area (Å²) in [6.45, 7) is 1.46. The minimum absolute atomic E-state index is 0.0648. The first-order valence-electron chi connectivity index (χ1n) is 10.3. The predicted molar refractivity (Wildman–Crippen MR) is 120 cm³/mol. The molecular formula is C24H26N4O3. The van der Waals surface area contributed by atoms with Crippen molar-refractivity contribution >= 4 is 23.1 Å². The number of likely N-dealkylation sites (N-methyl/N-ethyl adjacent to an activating group) is 1. The van der Waals surface area contributed by atoms with Crippen molar-refractivity contribution in [1.29, 1.82) is 0 Å². The zero-order chi connectivity index (χ0) is 22.3. The molecule has 0 atom stereocenters. The van der Waals surface area contributed by atoms with E-state index in [9.17, 15) is 14.4 Å². The largest absolute Gasteiger partial charge is 0.350 e. The van der Waals surface area contributed by atoms with Crippen LogP contribution in [0.15, 0.2) is 52.2 Å². The zero-order valence-corrected chi connectivity index (χ0v) is 18.3. The minimum Gasteiger partial charge on any atom is -0.350 e. The van der Waals surface area contributed by atoms with Gasteiger partial charge in [0.15, 0.2) is 11.6 Å². The van der Waals surface area contributed by atoms with Gasteiger partial charge >= 0.3 is 0 Å². The summed E-state index contributed by atoms with van der Waals surface area (Å²) < 4.78 is 0. The van der Waals surface area contributed by atoms with Crippen molar-refractivity contribution in [3.8, 4) is 0 Å². The number of carbonyl (C=O) groups excluding carboxylic acids is 3. The Balaban J connectivity index is 1.88. The molecule has 31 heavy (non-hydrogen) atoms. The molecule has 1 aliphatic heterocycles. The van der Waals surface area contributed by atoms with E-state index in [1.807, 2.05) is 39.2 Å². The molecule has 0 fully saturated rings. The van der Waals surface area contributed by atoms with E-state index in [2.05, 4.69) is 9.88 Å². The maximum absolute atomic E-state index is 12.7. The molecule has 2 heterocycles. The van der Waals surface area contributed by atoms with E-state index in [1.165, 1.54) is 12.2 Å². The fraction of sp³-hybridized carbons (Fsp3) is 0.333. The zero-order valence-electron chi connectivity index (χ0n) is 18.3. The number of hydrogen-bond donors (Lipinski definition) is 1. The van der Waals surface area contributed by atoms with E-state index in [0.717, 1.165) is 17.7 Å². The first kappa shape index (κ1) is 21.1. The molecule has 0 radical (unpaired) electrons. The van der Waals surface area contributed by atoms with Crippen molar-refractivity contribution in [2.24, 2.45) is 4.99 Å². The molecule has 7 nitrogen and oxygen atoms in total. The number of carbonyl (C=O) groups is 3. The number of allylic oxidation sites excluding steroid dienone is 6. The van der Waals surface area contributed by atoms with Gasteiger partial charge in [-0.3, -0.25) is 14.4 Å². The molecule has 160 valence electrons. The van der Waals surface area contributed by atoms with Crippen LogP contribution in [0.4, 0.5) is 0 Å². The topological polar surface area (TPSA) is 85.8 Å². The van der Waals surface area contributed by atoms with Gasteiger partial charge in [0, 0.05) is 13.1 Å². The SMILES string of the molecule is CN(C)CCC1=C2C(=O)C=CC=C2N=C1c1[nH]c2c(c1CCN(C)C)C(=O)C=CC2=O.